The van der Waals surface area contributed by atoms with E-state index in [1.54, 1.807) is 6.07 Å². The van der Waals surface area contributed by atoms with Gasteiger partial charge in [0.05, 0.1) is 5.52 Å². The van der Waals surface area contributed by atoms with Gasteiger partial charge in [-0.05, 0) is 61.8 Å². The van der Waals surface area contributed by atoms with Gasteiger partial charge in [-0.3, -0.25) is 14.2 Å². The van der Waals surface area contributed by atoms with E-state index in [0.717, 1.165) is 45.2 Å². The molecule has 2 fully saturated rings. The topological polar surface area (TPSA) is 75.2 Å². The Morgan fingerprint density at radius 1 is 1.22 bits per heavy atom. The Kier molecular flexibility index (Phi) is 5.21. The summed E-state index contributed by atoms with van der Waals surface area (Å²) in [6.45, 7) is 4.46. The highest BCUT2D eigenvalue weighted by Crippen LogP contribution is 2.32. The Balaban J connectivity index is 1.39. The summed E-state index contributed by atoms with van der Waals surface area (Å²) in [5.41, 5.74) is 0.104. The second-order valence-electron chi connectivity index (χ2n) is 8.26. The molecule has 27 heavy (non-hydrogen) atoms. The summed E-state index contributed by atoms with van der Waals surface area (Å²) in [4.78, 5) is 42.5. The molecule has 1 N–H and O–H groups in total. The van der Waals surface area contributed by atoms with Gasteiger partial charge in [0, 0.05) is 25.6 Å². The summed E-state index contributed by atoms with van der Waals surface area (Å²) in [7, 11) is 0. The number of thiophene rings is 1. The van der Waals surface area contributed by atoms with Gasteiger partial charge in [-0.15, -0.1) is 11.3 Å². The standard InChI is InChI=1S/C20H27N3O3S/c1-13-3-2-9-22(11-13)18(24)15-6-4-14(5-7-15)12-23-19(25)17-16(8-10-27-17)21-20(23)26/h8,10,13-15H,2-7,9,11-12H2,1H3,(H,21,26)/t13-,14?,15?/m0/s1. The maximum atomic E-state index is 12.8. The second kappa shape index (κ2) is 7.62. The minimum Gasteiger partial charge on any atom is -0.342 e. The monoisotopic (exact) mass is 389 g/mol. The number of amides is 1. The molecule has 0 radical (unpaired) electrons. The number of hydrogen-bond donors (Lipinski definition) is 1. The van der Waals surface area contributed by atoms with Gasteiger partial charge in [0.15, 0.2) is 0 Å². The maximum Gasteiger partial charge on any atom is 0.328 e. The van der Waals surface area contributed by atoms with Crippen LogP contribution in [0.3, 0.4) is 0 Å². The van der Waals surface area contributed by atoms with Gasteiger partial charge >= 0.3 is 5.69 Å². The van der Waals surface area contributed by atoms with Crippen LogP contribution in [-0.4, -0.2) is 33.4 Å². The normalized spacial score (nSPS) is 26.4. The van der Waals surface area contributed by atoms with Crippen molar-refractivity contribution in [2.45, 2.75) is 52.0 Å². The molecule has 1 amide bonds. The van der Waals surface area contributed by atoms with Crippen molar-refractivity contribution in [3.05, 3.63) is 32.3 Å². The summed E-state index contributed by atoms with van der Waals surface area (Å²) >= 11 is 1.37. The number of aromatic nitrogens is 2. The van der Waals surface area contributed by atoms with E-state index in [9.17, 15) is 14.4 Å². The molecule has 7 heteroatoms. The zero-order valence-electron chi connectivity index (χ0n) is 15.8. The number of nitrogens with one attached hydrogen (secondary N) is 1. The van der Waals surface area contributed by atoms with Gasteiger partial charge in [-0.25, -0.2) is 4.79 Å². The summed E-state index contributed by atoms with van der Waals surface area (Å²) in [6.07, 6.45) is 5.85. The van der Waals surface area contributed by atoms with Crippen molar-refractivity contribution in [3.8, 4) is 0 Å². The molecule has 1 saturated carbocycles. The predicted octanol–water partition coefficient (Wildman–Crippen LogP) is 2.82. The molecular formula is C20H27N3O3S. The van der Waals surface area contributed by atoms with E-state index >= 15 is 0 Å². The molecule has 4 rings (SSSR count). The Labute approximate surface area is 162 Å². The summed E-state index contributed by atoms with van der Waals surface area (Å²) < 4.78 is 1.95. The lowest BCUT2D eigenvalue weighted by Gasteiger charge is -2.36. The number of carbonyl (C=O) groups excluding carboxylic acids is 1. The molecule has 146 valence electrons. The molecule has 0 aromatic carbocycles. The molecule has 2 aromatic heterocycles. The number of piperidine rings is 1. The van der Waals surface area contributed by atoms with E-state index in [4.69, 9.17) is 0 Å². The fraction of sp³-hybridized carbons (Fsp3) is 0.650. The van der Waals surface area contributed by atoms with Gasteiger partial charge in [-0.2, -0.15) is 0 Å². The first-order valence-corrected chi connectivity index (χ1v) is 10.9. The van der Waals surface area contributed by atoms with Gasteiger partial charge in [0.1, 0.15) is 4.70 Å². The molecule has 6 nitrogen and oxygen atoms in total. The number of rotatable bonds is 3. The third-order valence-electron chi connectivity index (χ3n) is 6.20. The van der Waals surface area contributed by atoms with Gasteiger partial charge in [0.25, 0.3) is 5.56 Å². The summed E-state index contributed by atoms with van der Waals surface area (Å²) in [5.74, 6) is 1.31. The van der Waals surface area contributed by atoms with E-state index in [1.165, 1.54) is 22.3 Å². The van der Waals surface area contributed by atoms with Crippen LogP contribution in [0.4, 0.5) is 0 Å². The quantitative estimate of drug-likeness (QED) is 0.877. The van der Waals surface area contributed by atoms with Crippen LogP contribution >= 0.6 is 11.3 Å². The lowest BCUT2D eigenvalue weighted by atomic mass is 9.81. The van der Waals surface area contributed by atoms with E-state index in [-0.39, 0.29) is 23.1 Å². The highest BCUT2D eigenvalue weighted by molar-refractivity contribution is 7.17. The number of H-pyrrole nitrogens is 1. The van der Waals surface area contributed by atoms with Crippen molar-refractivity contribution in [2.75, 3.05) is 13.1 Å². The van der Waals surface area contributed by atoms with Crippen LogP contribution in [0.2, 0.25) is 0 Å². The number of nitrogens with zero attached hydrogens (tertiary/aromatic N) is 2. The average Bonchev–Trinajstić information content (AvgIpc) is 3.13. The van der Waals surface area contributed by atoms with Crippen molar-refractivity contribution in [2.24, 2.45) is 17.8 Å². The second-order valence-corrected chi connectivity index (χ2v) is 9.17. The van der Waals surface area contributed by atoms with Crippen molar-refractivity contribution < 1.29 is 4.79 Å². The first-order valence-electron chi connectivity index (χ1n) is 10.0. The number of aromatic amines is 1. The molecule has 3 heterocycles. The molecule has 1 atom stereocenters. The Bertz CT molecular complexity index is 936. The summed E-state index contributed by atoms with van der Waals surface area (Å²) in [5, 5.41) is 1.82. The van der Waals surface area contributed by atoms with Crippen LogP contribution in [0, 0.1) is 17.8 Å². The van der Waals surface area contributed by atoms with Gasteiger partial charge in [-0.1, -0.05) is 6.92 Å². The Morgan fingerprint density at radius 2 is 2.00 bits per heavy atom. The lowest BCUT2D eigenvalue weighted by Crippen LogP contribution is -2.43. The van der Waals surface area contributed by atoms with Crippen molar-refractivity contribution >= 4 is 27.5 Å². The third-order valence-corrected chi connectivity index (χ3v) is 7.10. The van der Waals surface area contributed by atoms with Crippen molar-refractivity contribution in [3.63, 3.8) is 0 Å². The summed E-state index contributed by atoms with van der Waals surface area (Å²) in [6, 6.07) is 1.77. The molecular weight excluding hydrogens is 362 g/mol. The molecule has 1 aliphatic heterocycles. The Hall–Kier alpha value is -1.89. The number of carbonyl (C=O) groups is 1. The molecule has 2 aromatic rings. The zero-order valence-corrected chi connectivity index (χ0v) is 16.6. The molecule has 1 saturated heterocycles. The van der Waals surface area contributed by atoms with Crippen LogP contribution in [0.1, 0.15) is 45.4 Å². The molecule has 0 spiro atoms. The van der Waals surface area contributed by atoms with E-state index in [1.807, 2.05) is 5.38 Å². The van der Waals surface area contributed by atoms with Crippen molar-refractivity contribution in [1.29, 1.82) is 0 Å². The highest BCUT2D eigenvalue weighted by Gasteiger charge is 2.31. The Morgan fingerprint density at radius 3 is 2.74 bits per heavy atom. The van der Waals surface area contributed by atoms with Crippen molar-refractivity contribution in [1.82, 2.24) is 14.5 Å². The minimum absolute atomic E-state index is 0.112. The molecule has 0 bridgehead atoms. The highest BCUT2D eigenvalue weighted by atomic mass is 32.1. The predicted molar refractivity (Wildman–Crippen MR) is 107 cm³/mol. The minimum atomic E-state index is -0.327. The van der Waals surface area contributed by atoms with Gasteiger partial charge < -0.3 is 9.88 Å². The molecule has 0 unspecified atom stereocenters. The number of fused-ring (bicyclic) bond motifs is 1. The van der Waals surface area contributed by atoms with E-state index < -0.39 is 0 Å². The van der Waals surface area contributed by atoms with Crippen LogP contribution < -0.4 is 11.2 Å². The fourth-order valence-corrected chi connectivity index (χ4v) is 5.43. The largest absolute Gasteiger partial charge is 0.342 e. The fourth-order valence-electron chi connectivity index (χ4n) is 4.63. The maximum absolute atomic E-state index is 12.8. The third kappa shape index (κ3) is 3.74. The van der Waals surface area contributed by atoms with Crippen LogP contribution in [0.25, 0.3) is 10.2 Å². The zero-order chi connectivity index (χ0) is 19.0. The average molecular weight is 390 g/mol. The SMILES string of the molecule is C[C@H]1CCCN(C(=O)C2CCC(Cn3c(=O)[nH]c4ccsc4c3=O)CC2)C1. The van der Waals surface area contributed by atoms with Gasteiger partial charge in [0.2, 0.25) is 5.91 Å². The van der Waals surface area contributed by atoms with Crippen LogP contribution in [0.5, 0.6) is 0 Å². The van der Waals surface area contributed by atoms with E-state index in [0.29, 0.717) is 28.6 Å². The lowest BCUT2D eigenvalue weighted by molar-refractivity contribution is -0.138. The number of likely N-dealkylation sites (tertiary alicyclic amines) is 1. The molecule has 1 aliphatic carbocycles. The number of hydrogen-bond acceptors (Lipinski definition) is 4. The van der Waals surface area contributed by atoms with E-state index in [2.05, 4.69) is 16.8 Å². The molecule has 2 aliphatic rings. The van der Waals surface area contributed by atoms with Crippen LogP contribution in [0.15, 0.2) is 21.0 Å². The van der Waals surface area contributed by atoms with Crippen LogP contribution in [-0.2, 0) is 11.3 Å². The smallest absolute Gasteiger partial charge is 0.328 e. The first-order chi connectivity index (χ1) is 13.0. The first kappa shape index (κ1) is 18.5.